The van der Waals surface area contributed by atoms with Gasteiger partial charge in [-0.2, -0.15) is 0 Å². The van der Waals surface area contributed by atoms with Crippen LogP contribution in [0.3, 0.4) is 0 Å². The van der Waals surface area contributed by atoms with E-state index in [9.17, 15) is 0 Å². The average Bonchev–Trinajstić information content (AvgIpc) is 2.28. The number of hydrogen-bond donors (Lipinski definition) is 2. The van der Waals surface area contributed by atoms with Crippen LogP contribution in [0.5, 0.6) is 0 Å². The van der Waals surface area contributed by atoms with E-state index in [0.717, 1.165) is 24.6 Å². The molecule has 0 aliphatic heterocycles. The van der Waals surface area contributed by atoms with E-state index >= 15 is 0 Å². The van der Waals surface area contributed by atoms with Crippen molar-refractivity contribution in [2.45, 2.75) is 20.3 Å². The van der Waals surface area contributed by atoms with E-state index in [-0.39, 0.29) is 0 Å². The maximum absolute atomic E-state index is 5.15. The number of rotatable bonds is 5. The van der Waals surface area contributed by atoms with E-state index < -0.39 is 0 Å². The van der Waals surface area contributed by atoms with Gasteiger partial charge < -0.3 is 10.6 Å². The Balaban J connectivity index is 2.13. The van der Waals surface area contributed by atoms with Crippen molar-refractivity contribution in [3.63, 3.8) is 0 Å². The second kappa shape index (κ2) is 7.17. The fourth-order valence-electron chi connectivity index (χ4n) is 1.23. The summed E-state index contributed by atoms with van der Waals surface area (Å²) in [6.07, 6.45) is 4.58. The Morgan fingerprint density at radius 2 is 2.00 bits per heavy atom. The van der Waals surface area contributed by atoms with Gasteiger partial charge in [-0.1, -0.05) is 13.8 Å². The monoisotopic (exact) mass is 237 g/mol. The van der Waals surface area contributed by atoms with E-state index in [1.165, 1.54) is 5.56 Å². The summed E-state index contributed by atoms with van der Waals surface area (Å²) in [4.78, 5) is 3.98. The number of pyridine rings is 1. The second-order valence-corrected chi connectivity index (χ2v) is 4.54. The Morgan fingerprint density at radius 1 is 1.31 bits per heavy atom. The summed E-state index contributed by atoms with van der Waals surface area (Å²) >= 11 is 5.15. The summed E-state index contributed by atoms with van der Waals surface area (Å²) in [6.45, 7) is 6.09. The molecule has 4 heteroatoms. The van der Waals surface area contributed by atoms with E-state index in [0.29, 0.717) is 5.92 Å². The van der Waals surface area contributed by atoms with Gasteiger partial charge in [0, 0.05) is 25.5 Å². The van der Waals surface area contributed by atoms with Gasteiger partial charge in [0.25, 0.3) is 0 Å². The molecule has 0 aliphatic rings. The van der Waals surface area contributed by atoms with Crippen molar-refractivity contribution in [1.29, 1.82) is 0 Å². The highest BCUT2D eigenvalue weighted by Gasteiger charge is 1.97. The molecule has 0 radical (unpaired) electrons. The van der Waals surface area contributed by atoms with Crippen LogP contribution in [0.15, 0.2) is 24.5 Å². The Bertz CT molecular complexity index is 311. The molecule has 1 aromatic rings. The maximum atomic E-state index is 5.15. The van der Waals surface area contributed by atoms with Crippen LogP contribution in [-0.4, -0.2) is 23.2 Å². The zero-order valence-electron chi connectivity index (χ0n) is 9.86. The van der Waals surface area contributed by atoms with Crippen molar-refractivity contribution in [1.82, 2.24) is 15.6 Å². The molecule has 0 amide bonds. The first-order valence-electron chi connectivity index (χ1n) is 5.59. The zero-order valence-corrected chi connectivity index (χ0v) is 10.7. The molecule has 0 unspecified atom stereocenters. The van der Waals surface area contributed by atoms with Gasteiger partial charge in [-0.25, -0.2) is 0 Å². The lowest BCUT2D eigenvalue weighted by Gasteiger charge is -2.11. The van der Waals surface area contributed by atoms with Gasteiger partial charge in [0.15, 0.2) is 5.11 Å². The van der Waals surface area contributed by atoms with Crippen LogP contribution in [0.2, 0.25) is 0 Å². The minimum atomic E-state index is 0.611. The van der Waals surface area contributed by atoms with Crippen LogP contribution in [-0.2, 0) is 6.42 Å². The minimum absolute atomic E-state index is 0.611. The highest BCUT2D eigenvalue weighted by Crippen LogP contribution is 1.95. The van der Waals surface area contributed by atoms with Gasteiger partial charge in [0.05, 0.1) is 0 Å². The number of aromatic nitrogens is 1. The van der Waals surface area contributed by atoms with Crippen molar-refractivity contribution < 1.29 is 0 Å². The van der Waals surface area contributed by atoms with Crippen LogP contribution in [0.1, 0.15) is 19.4 Å². The quantitative estimate of drug-likeness (QED) is 0.765. The predicted octanol–water partition coefficient (Wildman–Crippen LogP) is 1.74. The Kier molecular flexibility index (Phi) is 5.78. The van der Waals surface area contributed by atoms with Gasteiger partial charge in [-0.05, 0) is 42.3 Å². The van der Waals surface area contributed by atoms with Gasteiger partial charge in [-0.15, -0.1) is 0 Å². The highest BCUT2D eigenvalue weighted by molar-refractivity contribution is 7.80. The maximum Gasteiger partial charge on any atom is 0.166 e. The van der Waals surface area contributed by atoms with Crippen LogP contribution in [0, 0.1) is 5.92 Å². The molecule has 3 nitrogen and oxygen atoms in total. The fraction of sp³-hybridized carbons (Fsp3) is 0.500. The Labute approximate surface area is 103 Å². The molecular formula is C12H19N3S. The van der Waals surface area contributed by atoms with Crippen LogP contribution in [0.4, 0.5) is 0 Å². The van der Waals surface area contributed by atoms with E-state index in [1.54, 1.807) is 0 Å². The Hall–Kier alpha value is -1.16. The van der Waals surface area contributed by atoms with Crippen molar-refractivity contribution in [3.05, 3.63) is 30.1 Å². The lowest BCUT2D eigenvalue weighted by Crippen LogP contribution is -2.38. The molecule has 1 heterocycles. The van der Waals surface area contributed by atoms with Crippen LogP contribution in [0.25, 0.3) is 0 Å². The summed E-state index contributed by atoms with van der Waals surface area (Å²) in [6, 6.07) is 4.04. The number of thiocarbonyl (C=S) groups is 1. The van der Waals surface area contributed by atoms with Gasteiger partial charge in [0.2, 0.25) is 0 Å². The molecule has 16 heavy (non-hydrogen) atoms. The summed E-state index contributed by atoms with van der Waals surface area (Å²) in [5.41, 5.74) is 1.27. The second-order valence-electron chi connectivity index (χ2n) is 4.14. The SMILES string of the molecule is CC(C)CNC(=S)NCCc1ccncc1. The molecule has 0 bridgehead atoms. The van der Waals surface area contributed by atoms with E-state index in [2.05, 4.69) is 29.5 Å². The molecule has 0 saturated carbocycles. The first kappa shape index (κ1) is 12.9. The molecule has 0 aliphatic carbocycles. The highest BCUT2D eigenvalue weighted by atomic mass is 32.1. The minimum Gasteiger partial charge on any atom is -0.362 e. The van der Waals surface area contributed by atoms with Gasteiger partial charge >= 0.3 is 0 Å². The van der Waals surface area contributed by atoms with Crippen LogP contribution >= 0.6 is 12.2 Å². The standard InChI is InChI=1S/C12H19N3S/c1-10(2)9-15-12(16)14-8-5-11-3-6-13-7-4-11/h3-4,6-7,10H,5,8-9H2,1-2H3,(H2,14,15,16). The summed E-state index contributed by atoms with van der Waals surface area (Å²) in [7, 11) is 0. The van der Waals surface area contributed by atoms with Gasteiger partial charge in [0.1, 0.15) is 0 Å². The van der Waals surface area contributed by atoms with Crippen molar-refractivity contribution in [2.24, 2.45) is 5.92 Å². The molecule has 0 saturated heterocycles. The number of hydrogen-bond acceptors (Lipinski definition) is 2. The molecule has 0 fully saturated rings. The third kappa shape index (κ3) is 5.66. The fourth-order valence-corrected chi connectivity index (χ4v) is 1.41. The predicted molar refractivity (Wildman–Crippen MR) is 71.4 cm³/mol. The third-order valence-corrected chi connectivity index (χ3v) is 2.41. The molecular weight excluding hydrogens is 218 g/mol. The zero-order chi connectivity index (χ0) is 11.8. The normalized spacial score (nSPS) is 10.2. The van der Waals surface area contributed by atoms with Crippen LogP contribution < -0.4 is 10.6 Å². The van der Waals surface area contributed by atoms with E-state index in [4.69, 9.17) is 12.2 Å². The smallest absolute Gasteiger partial charge is 0.166 e. The molecule has 0 aromatic carbocycles. The average molecular weight is 237 g/mol. The van der Waals surface area contributed by atoms with E-state index in [1.807, 2.05) is 24.5 Å². The molecule has 2 N–H and O–H groups in total. The number of nitrogens with zero attached hydrogens (tertiary/aromatic N) is 1. The molecule has 1 rings (SSSR count). The van der Waals surface area contributed by atoms with Gasteiger partial charge in [-0.3, -0.25) is 4.98 Å². The lowest BCUT2D eigenvalue weighted by atomic mass is 10.2. The summed E-state index contributed by atoms with van der Waals surface area (Å²) in [5.74, 6) is 0.611. The molecule has 0 spiro atoms. The summed E-state index contributed by atoms with van der Waals surface area (Å²) in [5, 5.41) is 7.10. The largest absolute Gasteiger partial charge is 0.362 e. The lowest BCUT2D eigenvalue weighted by molar-refractivity contribution is 0.619. The first-order valence-corrected chi connectivity index (χ1v) is 6.00. The molecule has 0 atom stereocenters. The summed E-state index contributed by atoms with van der Waals surface area (Å²) < 4.78 is 0. The first-order chi connectivity index (χ1) is 7.68. The topological polar surface area (TPSA) is 37.0 Å². The van der Waals surface area contributed by atoms with Crippen molar-refractivity contribution >= 4 is 17.3 Å². The molecule has 1 aromatic heterocycles. The van der Waals surface area contributed by atoms with Crippen molar-refractivity contribution in [3.8, 4) is 0 Å². The number of nitrogens with one attached hydrogen (secondary N) is 2. The third-order valence-electron chi connectivity index (χ3n) is 2.12. The van der Waals surface area contributed by atoms with Crippen molar-refractivity contribution in [2.75, 3.05) is 13.1 Å². The molecule has 88 valence electrons. The Morgan fingerprint density at radius 3 is 2.62 bits per heavy atom.